The molecule has 1 N–H and O–H groups in total. The van der Waals surface area contributed by atoms with Crippen LogP contribution in [0.15, 0.2) is 35.5 Å². The van der Waals surface area contributed by atoms with Gasteiger partial charge in [-0.2, -0.15) is 0 Å². The fraction of sp³-hybridized carbons (Fsp3) is 0.533. The van der Waals surface area contributed by atoms with Crippen molar-refractivity contribution in [1.29, 1.82) is 5.41 Å². The Morgan fingerprint density at radius 1 is 1.19 bits per heavy atom. The van der Waals surface area contributed by atoms with E-state index in [1.165, 1.54) is 36.8 Å². The van der Waals surface area contributed by atoms with E-state index in [0.29, 0.717) is 11.6 Å². The highest BCUT2D eigenvalue weighted by Crippen LogP contribution is 2.34. The summed E-state index contributed by atoms with van der Waals surface area (Å²) in [5.74, 6) is 0.698. The van der Waals surface area contributed by atoms with Crippen LogP contribution in [0.3, 0.4) is 0 Å². The van der Waals surface area contributed by atoms with E-state index in [2.05, 4.69) is 20.4 Å². The third kappa shape index (κ3) is 2.94. The SMILES string of the molecule is C=C/C=C(C)\C(C(C)=N)=C(/C)C1CCCC1. The average Bonchev–Trinajstić information content (AvgIpc) is 2.70. The molecular weight excluding hydrogens is 194 g/mol. The van der Waals surface area contributed by atoms with Gasteiger partial charge >= 0.3 is 0 Å². The van der Waals surface area contributed by atoms with Crippen molar-refractivity contribution in [3.8, 4) is 0 Å². The van der Waals surface area contributed by atoms with Crippen LogP contribution in [0.4, 0.5) is 0 Å². The topological polar surface area (TPSA) is 23.9 Å². The van der Waals surface area contributed by atoms with Gasteiger partial charge in [0.1, 0.15) is 0 Å². The lowest BCUT2D eigenvalue weighted by atomic mass is 9.88. The monoisotopic (exact) mass is 217 g/mol. The second kappa shape index (κ2) is 5.83. The van der Waals surface area contributed by atoms with Crippen molar-refractivity contribution in [2.45, 2.75) is 46.5 Å². The van der Waals surface area contributed by atoms with Crippen molar-refractivity contribution in [3.63, 3.8) is 0 Å². The van der Waals surface area contributed by atoms with E-state index in [4.69, 9.17) is 5.41 Å². The van der Waals surface area contributed by atoms with Crippen molar-refractivity contribution in [1.82, 2.24) is 0 Å². The number of nitrogens with one attached hydrogen (secondary N) is 1. The molecule has 1 nitrogen and oxygen atoms in total. The zero-order chi connectivity index (χ0) is 12.1. The van der Waals surface area contributed by atoms with Gasteiger partial charge in [0.2, 0.25) is 0 Å². The van der Waals surface area contributed by atoms with Crippen LogP contribution in [0, 0.1) is 11.3 Å². The van der Waals surface area contributed by atoms with Crippen molar-refractivity contribution >= 4 is 5.71 Å². The first-order valence-electron chi connectivity index (χ1n) is 6.14. The van der Waals surface area contributed by atoms with Gasteiger partial charge in [0, 0.05) is 5.71 Å². The third-order valence-corrected chi connectivity index (χ3v) is 3.50. The molecule has 1 aliphatic rings. The minimum atomic E-state index is 0.681. The van der Waals surface area contributed by atoms with Crippen LogP contribution < -0.4 is 0 Å². The van der Waals surface area contributed by atoms with E-state index in [0.717, 1.165) is 5.57 Å². The minimum absolute atomic E-state index is 0.681. The Balaban J connectivity index is 3.07. The summed E-state index contributed by atoms with van der Waals surface area (Å²) in [6, 6.07) is 0. The number of allylic oxidation sites excluding steroid dienone is 5. The highest BCUT2D eigenvalue weighted by molar-refractivity contribution is 6.00. The molecule has 0 aromatic heterocycles. The van der Waals surface area contributed by atoms with Crippen LogP contribution in [0.1, 0.15) is 46.5 Å². The Labute approximate surface area is 99.5 Å². The number of hydrogen-bond donors (Lipinski definition) is 1. The van der Waals surface area contributed by atoms with Crippen LogP contribution in [0.2, 0.25) is 0 Å². The summed E-state index contributed by atoms with van der Waals surface area (Å²) in [6.45, 7) is 9.89. The van der Waals surface area contributed by atoms with Crippen molar-refractivity contribution in [2.24, 2.45) is 5.92 Å². The molecule has 1 saturated carbocycles. The molecule has 1 heteroatoms. The summed E-state index contributed by atoms with van der Waals surface area (Å²) in [7, 11) is 0. The van der Waals surface area contributed by atoms with Crippen LogP contribution in [0.25, 0.3) is 0 Å². The Bertz CT molecular complexity index is 338. The first-order chi connectivity index (χ1) is 7.57. The Morgan fingerprint density at radius 3 is 2.19 bits per heavy atom. The lowest BCUT2D eigenvalue weighted by Gasteiger charge is -2.17. The van der Waals surface area contributed by atoms with E-state index < -0.39 is 0 Å². The molecule has 0 amide bonds. The Morgan fingerprint density at radius 2 is 1.75 bits per heavy atom. The summed E-state index contributed by atoms with van der Waals surface area (Å²) in [4.78, 5) is 0. The largest absolute Gasteiger partial charge is 0.305 e. The van der Waals surface area contributed by atoms with Crippen LogP contribution >= 0.6 is 0 Å². The van der Waals surface area contributed by atoms with E-state index in [9.17, 15) is 0 Å². The maximum atomic E-state index is 7.92. The van der Waals surface area contributed by atoms with Crippen molar-refractivity contribution in [2.75, 3.05) is 0 Å². The number of hydrogen-bond acceptors (Lipinski definition) is 1. The molecule has 0 unspecified atom stereocenters. The second-order valence-corrected chi connectivity index (χ2v) is 4.75. The van der Waals surface area contributed by atoms with Gasteiger partial charge in [-0.15, -0.1) is 0 Å². The second-order valence-electron chi connectivity index (χ2n) is 4.75. The van der Waals surface area contributed by atoms with Gasteiger partial charge in [-0.1, -0.05) is 37.1 Å². The summed E-state index contributed by atoms with van der Waals surface area (Å²) in [5, 5.41) is 7.92. The summed E-state index contributed by atoms with van der Waals surface area (Å²) >= 11 is 0. The predicted molar refractivity (Wildman–Crippen MR) is 72.0 cm³/mol. The van der Waals surface area contributed by atoms with Crippen LogP contribution in [-0.2, 0) is 0 Å². The summed E-state index contributed by atoms with van der Waals surface area (Å²) < 4.78 is 0. The van der Waals surface area contributed by atoms with Crippen molar-refractivity contribution in [3.05, 3.63) is 35.5 Å². The van der Waals surface area contributed by atoms with E-state index in [1.54, 1.807) is 6.08 Å². The highest BCUT2D eigenvalue weighted by Gasteiger charge is 2.20. The molecule has 1 fully saturated rings. The van der Waals surface area contributed by atoms with Crippen LogP contribution in [-0.4, -0.2) is 5.71 Å². The molecule has 0 aliphatic heterocycles. The van der Waals surface area contributed by atoms with Gasteiger partial charge in [-0.3, -0.25) is 0 Å². The third-order valence-electron chi connectivity index (χ3n) is 3.50. The highest BCUT2D eigenvalue weighted by atomic mass is 14.4. The van der Waals surface area contributed by atoms with Crippen molar-refractivity contribution < 1.29 is 0 Å². The predicted octanol–water partition coefficient (Wildman–Crippen LogP) is 4.67. The standard InChI is InChI=1S/C15H23N/c1-5-8-11(2)15(13(4)16)12(3)14-9-6-7-10-14/h5,8,14,16H,1,6-7,9-10H2,2-4H3/b11-8-,15-12-,16-13?. The molecule has 1 rings (SSSR count). The van der Waals surface area contributed by atoms with Gasteiger partial charge in [0.15, 0.2) is 0 Å². The van der Waals surface area contributed by atoms with Gasteiger partial charge in [0.25, 0.3) is 0 Å². The molecule has 1 aliphatic carbocycles. The first kappa shape index (κ1) is 13.0. The lowest BCUT2D eigenvalue weighted by molar-refractivity contribution is 0.639. The van der Waals surface area contributed by atoms with E-state index >= 15 is 0 Å². The Hall–Kier alpha value is -1.11. The summed E-state index contributed by atoms with van der Waals surface area (Å²) in [5.41, 5.74) is 4.40. The Kier molecular flexibility index (Phi) is 4.72. The van der Waals surface area contributed by atoms with E-state index in [1.807, 2.05) is 13.0 Å². The quantitative estimate of drug-likeness (QED) is 0.523. The fourth-order valence-corrected chi connectivity index (χ4v) is 2.73. The number of rotatable bonds is 4. The van der Waals surface area contributed by atoms with Gasteiger partial charge in [0.05, 0.1) is 0 Å². The normalized spacial score (nSPS) is 19.6. The molecule has 0 spiro atoms. The molecule has 0 saturated heterocycles. The van der Waals surface area contributed by atoms with Crippen LogP contribution in [0.5, 0.6) is 0 Å². The molecule has 0 atom stereocenters. The molecule has 0 bridgehead atoms. The molecule has 0 heterocycles. The van der Waals surface area contributed by atoms with E-state index in [-0.39, 0.29) is 0 Å². The first-order valence-corrected chi connectivity index (χ1v) is 6.14. The molecule has 16 heavy (non-hydrogen) atoms. The average molecular weight is 217 g/mol. The maximum absolute atomic E-state index is 7.92. The van der Waals surface area contributed by atoms with Gasteiger partial charge < -0.3 is 5.41 Å². The molecule has 88 valence electrons. The zero-order valence-corrected chi connectivity index (χ0v) is 10.8. The smallest absolute Gasteiger partial charge is 0.0357 e. The molecule has 0 radical (unpaired) electrons. The molecule has 0 aromatic carbocycles. The fourth-order valence-electron chi connectivity index (χ4n) is 2.73. The molecule has 0 aromatic rings. The van der Waals surface area contributed by atoms with Gasteiger partial charge in [-0.25, -0.2) is 0 Å². The lowest BCUT2D eigenvalue weighted by Crippen LogP contribution is -2.07. The maximum Gasteiger partial charge on any atom is 0.0357 e. The van der Waals surface area contributed by atoms with Gasteiger partial charge in [-0.05, 0) is 50.7 Å². The summed E-state index contributed by atoms with van der Waals surface area (Å²) in [6.07, 6.45) is 9.09. The molecular formula is C15H23N. The minimum Gasteiger partial charge on any atom is -0.305 e. The zero-order valence-electron chi connectivity index (χ0n) is 10.8.